The van der Waals surface area contributed by atoms with Crippen LogP contribution >= 0.6 is 0 Å². The van der Waals surface area contributed by atoms with Crippen LogP contribution in [-0.4, -0.2) is 58.5 Å². The number of rotatable bonds is 3. The molecule has 0 saturated carbocycles. The third-order valence-electron chi connectivity index (χ3n) is 6.63. The Bertz CT molecular complexity index is 1330. The molecule has 2 aliphatic heterocycles. The molecule has 3 aromatic carbocycles. The zero-order chi connectivity index (χ0) is 24.5. The predicted octanol–water partition coefficient (Wildman–Crippen LogP) is 3.18. The molecule has 35 heavy (non-hydrogen) atoms. The van der Waals surface area contributed by atoms with E-state index in [2.05, 4.69) is 11.8 Å². The Morgan fingerprint density at radius 2 is 1.57 bits per heavy atom. The molecule has 0 unspecified atom stereocenters. The van der Waals surface area contributed by atoms with Gasteiger partial charge in [0.2, 0.25) is 5.91 Å². The number of halogens is 2. The van der Waals surface area contributed by atoms with Crippen LogP contribution in [0.3, 0.4) is 0 Å². The highest BCUT2D eigenvalue weighted by atomic mass is 19.1. The Morgan fingerprint density at radius 1 is 0.943 bits per heavy atom. The highest BCUT2D eigenvalue weighted by Crippen LogP contribution is 2.43. The van der Waals surface area contributed by atoms with Crippen molar-refractivity contribution in [2.75, 3.05) is 19.7 Å². The van der Waals surface area contributed by atoms with Crippen molar-refractivity contribution in [3.8, 4) is 11.8 Å². The number of fused-ring (bicyclic) bond motifs is 1. The van der Waals surface area contributed by atoms with Crippen molar-refractivity contribution in [2.45, 2.75) is 18.0 Å². The second kappa shape index (κ2) is 9.32. The van der Waals surface area contributed by atoms with E-state index in [0.29, 0.717) is 5.56 Å². The predicted molar refractivity (Wildman–Crippen MR) is 125 cm³/mol. The van der Waals surface area contributed by atoms with Gasteiger partial charge < -0.3 is 14.9 Å². The third-order valence-corrected chi connectivity index (χ3v) is 6.63. The van der Waals surface area contributed by atoms with Gasteiger partial charge in [0.1, 0.15) is 18.2 Å². The minimum absolute atomic E-state index is 0.0626. The summed E-state index contributed by atoms with van der Waals surface area (Å²) in [4.78, 5) is 28.7. The van der Waals surface area contributed by atoms with Gasteiger partial charge in [-0.2, -0.15) is 0 Å². The van der Waals surface area contributed by atoms with E-state index in [-0.39, 0.29) is 55.0 Å². The Balaban J connectivity index is 1.35. The van der Waals surface area contributed by atoms with Crippen LogP contribution in [0.4, 0.5) is 8.78 Å². The Kier molecular flexibility index (Phi) is 6.06. The van der Waals surface area contributed by atoms with Gasteiger partial charge in [-0.05, 0) is 54.1 Å². The van der Waals surface area contributed by atoms with E-state index in [9.17, 15) is 23.5 Å². The molecule has 0 aliphatic carbocycles. The van der Waals surface area contributed by atoms with Crippen molar-refractivity contribution in [2.24, 2.45) is 0 Å². The van der Waals surface area contributed by atoms with Crippen LogP contribution in [0, 0.1) is 23.5 Å². The minimum atomic E-state index is -0.622. The fraction of sp³-hybridized carbons (Fsp3) is 0.214. The molecule has 0 aromatic heterocycles. The van der Waals surface area contributed by atoms with Gasteiger partial charge in [0, 0.05) is 23.6 Å². The topological polar surface area (TPSA) is 60.9 Å². The van der Waals surface area contributed by atoms with Crippen molar-refractivity contribution in [1.29, 1.82) is 0 Å². The first-order valence-electron chi connectivity index (χ1n) is 11.3. The summed E-state index contributed by atoms with van der Waals surface area (Å²) in [6, 6.07) is 18.5. The first-order chi connectivity index (χ1) is 17.0. The van der Waals surface area contributed by atoms with Crippen molar-refractivity contribution in [1.82, 2.24) is 9.80 Å². The molecule has 2 saturated heterocycles. The van der Waals surface area contributed by atoms with Crippen LogP contribution < -0.4 is 0 Å². The van der Waals surface area contributed by atoms with E-state index >= 15 is 0 Å². The molecule has 0 radical (unpaired) electrons. The number of benzene rings is 3. The van der Waals surface area contributed by atoms with Gasteiger partial charge in [-0.3, -0.25) is 9.59 Å². The average Bonchev–Trinajstić information content (AvgIpc) is 2.85. The second-order valence-electron chi connectivity index (χ2n) is 8.69. The minimum Gasteiger partial charge on any atom is -0.394 e. The number of carbonyl (C=O) groups is 2. The number of hydrogen-bond acceptors (Lipinski definition) is 3. The number of nitrogens with zero attached hydrogens (tertiary/aromatic N) is 2. The maximum atomic E-state index is 14.2. The zero-order valence-electron chi connectivity index (χ0n) is 18.7. The van der Waals surface area contributed by atoms with Gasteiger partial charge in [-0.1, -0.05) is 36.1 Å². The van der Waals surface area contributed by atoms with Gasteiger partial charge in [-0.25, -0.2) is 8.78 Å². The van der Waals surface area contributed by atoms with Gasteiger partial charge >= 0.3 is 0 Å². The van der Waals surface area contributed by atoms with Gasteiger partial charge in [0.25, 0.3) is 5.91 Å². The number of amides is 2. The number of hydrogen-bond donors (Lipinski definition) is 1. The van der Waals surface area contributed by atoms with Crippen molar-refractivity contribution in [3.05, 3.63) is 107 Å². The lowest BCUT2D eigenvalue weighted by Crippen LogP contribution is -2.73. The maximum Gasteiger partial charge on any atom is 0.257 e. The van der Waals surface area contributed by atoms with Crippen LogP contribution in [0.5, 0.6) is 0 Å². The summed E-state index contributed by atoms with van der Waals surface area (Å²) in [5, 5.41) is 9.98. The maximum absolute atomic E-state index is 14.2. The SMILES string of the molecule is O=C(c1ccccc1F)N1CC(=O)N2[C@@H](CO)[C@@H](c3ccc(C#Cc4ccc(F)cc4)cc3)[C@@H]2C1. The van der Waals surface area contributed by atoms with E-state index in [1.807, 2.05) is 24.3 Å². The molecule has 2 amide bonds. The van der Waals surface area contributed by atoms with Crippen LogP contribution in [0.15, 0.2) is 72.8 Å². The van der Waals surface area contributed by atoms with E-state index in [4.69, 9.17) is 0 Å². The van der Waals surface area contributed by atoms with Gasteiger partial charge in [0.15, 0.2) is 0 Å². The van der Waals surface area contributed by atoms with Crippen LogP contribution in [-0.2, 0) is 4.79 Å². The van der Waals surface area contributed by atoms with E-state index < -0.39 is 11.7 Å². The lowest BCUT2D eigenvalue weighted by Gasteiger charge is -2.58. The lowest BCUT2D eigenvalue weighted by molar-refractivity contribution is -0.159. The molecular formula is C28H22F2N2O3. The van der Waals surface area contributed by atoms with Crippen LogP contribution in [0.1, 0.15) is 33.0 Å². The molecule has 2 heterocycles. The molecule has 0 spiro atoms. The van der Waals surface area contributed by atoms with Crippen molar-refractivity contribution >= 4 is 11.8 Å². The second-order valence-corrected chi connectivity index (χ2v) is 8.69. The summed E-state index contributed by atoms with van der Waals surface area (Å²) >= 11 is 0. The molecule has 3 atom stereocenters. The van der Waals surface area contributed by atoms with Crippen LogP contribution in [0.25, 0.3) is 0 Å². The smallest absolute Gasteiger partial charge is 0.257 e. The highest BCUT2D eigenvalue weighted by Gasteiger charge is 2.54. The largest absolute Gasteiger partial charge is 0.394 e. The number of aliphatic hydroxyl groups is 1. The van der Waals surface area contributed by atoms with E-state index in [0.717, 1.165) is 11.1 Å². The van der Waals surface area contributed by atoms with E-state index in [1.54, 1.807) is 23.1 Å². The number of aliphatic hydroxyl groups excluding tert-OH is 1. The lowest BCUT2D eigenvalue weighted by atomic mass is 9.73. The fourth-order valence-corrected chi connectivity index (χ4v) is 4.93. The van der Waals surface area contributed by atoms with Crippen molar-refractivity contribution < 1.29 is 23.5 Å². The number of carbonyl (C=O) groups excluding carboxylic acids is 2. The molecule has 3 aromatic rings. The molecule has 0 bridgehead atoms. The average molecular weight is 472 g/mol. The van der Waals surface area contributed by atoms with Gasteiger partial charge in [-0.15, -0.1) is 0 Å². The molecule has 2 fully saturated rings. The molecule has 2 aliphatic rings. The Morgan fingerprint density at radius 3 is 2.20 bits per heavy atom. The summed E-state index contributed by atoms with van der Waals surface area (Å²) in [7, 11) is 0. The third kappa shape index (κ3) is 4.29. The first kappa shape index (κ1) is 22.8. The molecule has 5 rings (SSSR count). The molecular weight excluding hydrogens is 450 g/mol. The molecule has 176 valence electrons. The highest BCUT2D eigenvalue weighted by molar-refractivity contribution is 5.97. The van der Waals surface area contributed by atoms with Gasteiger partial charge in [0.05, 0.1) is 24.3 Å². The summed E-state index contributed by atoms with van der Waals surface area (Å²) in [5.41, 5.74) is 2.33. The zero-order valence-corrected chi connectivity index (χ0v) is 18.7. The molecule has 1 N–H and O–H groups in total. The summed E-state index contributed by atoms with van der Waals surface area (Å²) in [5.74, 6) is 4.14. The normalized spacial score (nSPS) is 21.0. The van der Waals surface area contributed by atoms with Crippen molar-refractivity contribution in [3.63, 3.8) is 0 Å². The standard InChI is InChI=1S/C28H22F2N2O3/c29-21-13-9-19(10-14-21)6-5-18-7-11-20(12-8-18)27-24-15-31(16-26(34)32(24)25(27)17-33)28(35)22-3-1-2-4-23(22)30/h1-4,7-14,24-25,27,33H,15-17H2/t24-,25-,27-/m0/s1. The summed E-state index contributed by atoms with van der Waals surface area (Å²) < 4.78 is 27.2. The Labute approximate surface area is 201 Å². The first-order valence-corrected chi connectivity index (χ1v) is 11.3. The summed E-state index contributed by atoms with van der Waals surface area (Å²) in [6.45, 7) is -0.0860. The Hall–Kier alpha value is -4.02. The van der Waals surface area contributed by atoms with Crippen LogP contribution in [0.2, 0.25) is 0 Å². The number of piperazine rings is 1. The molecule has 5 nitrogen and oxygen atoms in total. The van der Waals surface area contributed by atoms with E-state index in [1.165, 1.54) is 35.2 Å². The quantitative estimate of drug-likeness (QED) is 0.596. The monoisotopic (exact) mass is 472 g/mol. The summed E-state index contributed by atoms with van der Waals surface area (Å²) in [6.07, 6.45) is 0. The fourth-order valence-electron chi connectivity index (χ4n) is 4.93. The molecule has 7 heteroatoms.